The Morgan fingerprint density at radius 2 is 1.88 bits per heavy atom. The Morgan fingerprint density at radius 3 is 2.56 bits per heavy atom. The molecule has 3 aliphatic rings. The molecule has 0 aromatic heterocycles. The van der Waals surface area contributed by atoms with Crippen LogP contribution in [-0.2, 0) is 4.79 Å². The molecule has 0 bridgehead atoms. The van der Waals surface area contributed by atoms with Crippen LogP contribution in [0.25, 0.3) is 0 Å². The molecule has 2 saturated carbocycles. The van der Waals surface area contributed by atoms with Crippen molar-refractivity contribution in [3.05, 3.63) is 11.1 Å². The third-order valence-corrected chi connectivity index (χ3v) is 6.33. The number of carbonyl (C=O) groups excluding carboxylic acids is 1. The van der Waals surface area contributed by atoms with Gasteiger partial charge in [-0.15, -0.1) is 0 Å². The molecule has 4 atom stereocenters. The largest absolute Gasteiger partial charge is 0.294 e. The summed E-state index contributed by atoms with van der Waals surface area (Å²) in [4.78, 5) is 12.5. The van der Waals surface area contributed by atoms with Gasteiger partial charge in [-0.3, -0.25) is 4.79 Å². The van der Waals surface area contributed by atoms with E-state index >= 15 is 0 Å². The molecule has 3 rings (SSSR count). The van der Waals surface area contributed by atoms with Gasteiger partial charge in [0, 0.05) is 10.8 Å². The molecule has 1 nitrogen and oxygen atoms in total. The maximum Gasteiger partial charge on any atom is 0.165 e. The fourth-order valence-electron chi connectivity index (χ4n) is 5.33. The molecule has 2 fully saturated rings. The number of ketones is 1. The van der Waals surface area contributed by atoms with Crippen molar-refractivity contribution in [3.63, 3.8) is 0 Å². The summed E-state index contributed by atoms with van der Waals surface area (Å²) in [7, 11) is 0. The SMILES string of the molecule is CC1=C(C)C23CC[C@H](C)C2CC[C@]3(C)C1=O. The lowest BCUT2D eigenvalue weighted by Crippen LogP contribution is -2.38. The van der Waals surface area contributed by atoms with E-state index in [9.17, 15) is 4.79 Å². The Hall–Kier alpha value is -0.590. The summed E-state index contributed by atoms with van der Waals surface area (Å²) < 4.78 is 0. The predicted molar refractivity (Wildman–Crippen MR) is 65.0 cm³/mol. The summed E-state index contributed by atoms with van der Waals surface area (Å²) >= 11 is 0. The van der Waals surface area contributed by atoms with Gasteiger partial charge in [0.05, 0.1) is 0 Å². The lowest BCUT2D eigenvalue weighted by Gasteiger charge is -2.39. The minimum absolute atomic E-state index is 0.0450. The van der Waals surface area contributed by atoms with Crippen molar-refractivity contribution in [2.24, 2.45) is 22.7 Å². The third-order valence-electron chi connectivity index (χ3n) is 6.33. The van der Waals surface area contributed by atoms with Gasteiger partial charge in [0.15, 0.2) is 5.78 Å². The number of Topliss-reactive ketones (excluding diaryl/α,β-unsaturated/α-hetero) is 1. The number of rotatable bonds is 0. The number of carbonyl (C=O) groups is 1. The van der Waals surface area contributed by atoms with Crippen molar-refractivity contribution in [1.82, 2.24) is 0 Å². The number of hydrogen-bond acceptors (Lipinski definition) is 1. The molecule has 0 N–H and O–H groups in total. The van der Waals surface area contributed by atoms with Crippen LogP contribution in [0.4, 0.5) is 0 Å². The van der Waals surface area contributed by atoms with Crippen LogP contribution >= 0.6 is 0 Å². The highest BCUT2D eigenvalue weighted by Gasteiger charge is 2.68. The molecule has 1 spiro atoms. The van der Waals surface area contributed by atoms with Gasteiger partial charge in [-0.2, -0.15) is 0 Å². The summed E-state index contributed by atoms with van der Waals surface area (Å²) in [5.74, 6) is 2.05. The molecule has 0 aliphatic heterocycles. The lowest BCUT2D eigenvalue weighted by molar-refractivity contribution is -0.126. The van der Waals surface area contributed by atoms with Crippen molar-refractivity contribution >= 4 is 5.78 Å². The molecule has 0 heterocycles. The first-order valence-electron chi connectivity index (χ1n) is 6.68. The maximum absolute atomic E-state index is 12.5. The van der Waals surface area contributed by atoms with Crippen LogP contribution in [0.3, 0.4) is 0 Å². The van der Waals surface area contributed by atoms with Crippen molar-refractivity contribution < 1.29 is 4.79 Å². The molecule has 0 aromatic rings. The maximum atomic E-state index is 12.5. The Morgan fingerprint density at radius 1 is 1.19 bits per heavy atom. The van der Waals surface area contributed by atoms with Crippen LogP contribution in [0, 0.1) is 22.7 Å². The third kappa shape index (κ3) is 0.813. The first-order chi connectivity index (χ1) is 7.45. The van der Waals surface area contributed by atoms with Gasteiger partial charge in [0.2, 0.25) is 0 Å². The summed E-state index contributed by atoms with van der Waals surface area (Å²) in [5, 5.41) is 0. The monoisotopic (exact) mass is 218 g/mol. The van der Waals surface area contributed by atoms with E-state index < -0.39 is 0 Å². The molecule has 2 unspecified atom stereocenters. The molecule has 0 amide bonds. The van der Waals surface area contributed by atoms with Gasteiger partial charge in [0.1, 0.15) is 0 Å². The number of allylic oxidation sites excluding steroid dienone is 2. The second-order valence-electron chi connectivity index (χ2n) is 6.54. The second kappa shape index (κ2) is 2.80. The molecule has 0 aromatic carbocycles. The van der Waals surface area contributed by atoms with Gasteiger partial charge < -0.3 is 0 Å². The highest BCUT2D eigenvalue weighted by molar-refractivity contribution is 6.04. The van der Waals surface area contributed by atoms with Crippen LogP contribution in [-0.4, -0.2) is 5.78 Å². The van der Waals surface area contributed by atoms with E-state index in [1.165, 1.54) is 24.8 Å². The predicted octanol–water partition coefficient (Wildman–Crippen LogP) is 3.74. The molecule has 0 radical (unpaired) electrons. The fourth-order valence-corrected chi connectivity index (χ4v) is 5.33. The minimum atomic E-state index is -0.0450. The normalized spacial score (nSPS) is 51.1. The van der Waals surface area contributed by atoms with Gasteiger partial charge in [0.25, 0.3) is 0 Å². The van der Waals surface area contributed by atoms with Crippen molar-refractivity contribution in [2.45, 2.75) is 53.4 Å². The standard InChI is InChI=1S/C15H22O/c1-9-5-8-15-11(3)10(2)13(16)14(15,4)7-6-12(9)15/h9,12H,5-8H2,1-4H3/t9-,12?,14+,15?/m0/s1. The average molecular weight is 218 g/mol. The van der Waals surface area contributed by atoms with Crippen molar-refractivity contribution in [1.29, 1.82) is 0 Å². The molecule has 0 saturated heterocycles. The highest BCUT2D eigenvalue weighted by atomic mass is 16.1. The van der Waals surface area contributed by atoms with Gasteiger partial charge >= 0.3 is 0 Å². The summed E-state index contributed by atoms with van der Waals surface area (Å²) in [5.41, 5.74) is 2.73. The summed E-state index contributed by atoms with van der Waals surface area (Å²) in [6.45, 7) is 8.91. The van der Waals surface area contributed by atoms with Crippen LogP contribution in [0.2, 0.25) is 0 Å². The summed E-state index contributed by atoms with van der Waals surface area (Å²) in [6, 6.07) is 0. The van der Waals surface area contributed by atoms with E-state index in [0.717, 1.165) is 23.8 Å². The van der Waals surface area contributed by atoms with Crippen LogP contribution < -0.4 is 0 Å². The van der Waals surface area contributed by atoms with E-state index in [-0.39, 0.29) is 10.8 Å². The van der Waals surface area contributed by atoms with E-state index in [2.05, 4.69) is 27.7 Å². The highest BCUT2D eigenvalue weighted by Crippen LogP contribution is 2.72. The quantitative estimate of drug-likeness (QED) is 0.605. The van der Waals surface area contributed by atoms with Gasteiger partial charge in [-0.1, -0.05) is 19.4 Å². The first kappa shape index (κ1) is 10.6. The van der Waals surface area contributed by atoms with Crippen molar-refractivity contribution in [2.75, 3.05) is 0 Å². The molecule has 16 heavy (non-hydrogen) atoms. The zero-order valence-electron chi connectivity index (χ0n) is 10.9. The molecular formula is C15H22O. The lowest BCUT2D eigenvalue weighted by atomic mass is 9.63. The zero-order chi connectivity index (χ0) is 11.7. The van der Waals surface area contributed by atoms with Crippen LogP contribution in [0.1, 0.15) is 53.4 Å². The second-order valence-corrected chi connectivity index (χ2v) is 6.54. The van der Waals surface area contributed by atoms with E-state index in [0.29, 0.717) is 5.78 Å². The Labute approximate surface area is 98.3 Å². The van der Waals surface area contributed by atoms with E-state index in [4.69, 9.17) is 0 Å². The van der Waals surface area contributed by atoms with Crippen LogP contribution in [0.15, 0.2) is 11.1 Å². The topological polar surface area (TPSA) is 17.1 Å². The van der Waals surface area contributed by atoms with E-state index in [1.54, 1.807) is 0 Å². The van der Waals surface area contributed by atoms with E-state index in [1.807, 2.05) is 0 Å². The molecule has 88 valence electrons. The van der Waals surface area contributed by atoms with Gasteiger partial charge in [-0.05, 0) is 56.9 Å². The first-order valence-corrected chi connectivity index (χ1v) is 6.68. The smallest absolute Gasteiger partial charge is 0.165 e. The average Bonchev–Trinajstić information content (AvgIpc) is 2.79. The van der Waals surface area contributed by atoms with Gasteiger partial charge in [-0.25, -0.2) is 0 Å². The number of hydrogen-bond donors (Lipinski definition) is 0. The molecule has 1 heteroatoms. The van der Waals surface area contributed by atoms with Crippen LogP contribution in [0.5, 0.6) is 0 Å². The Bertz CT molecular complexity index is 406. The molecule has 3 aliphatic carbocycles. The fraction of sp³-hybridized carbons (Fsp3) is 0.800. The molecular weight excluding hydrogens is 196 g/mol. The Balaban J connectivity index is 2.22. The minimum Gasteiger partial charge on any atom is -0.294 e. The Kier molecular flexibility index (Phi) is 1.85. The zero-order valence-corrected chi connectivity index (χ0v) is 10.9. The van der Waals surface area contributed by atoms with Crippen molar-refractivity contribution in [3.8, 4) is 0 Å². The summed E-state index contributed by atoms with van der Waals surface area (Å²) in [6.07, 6.45) is 4.96.